The molecule has 0 aromatic heterocycles. The van der Waals surface area contributed by atoms with Crippen LogP contribution in [0.5, 0.6) is 5.75 Å². The highest BCUT2D eigenvalue weighted by Crippen LogP contribution is 2.40. The normalized spacial score (nSPS) is 23.9. The Morgan fingerprint density at radius 1 is 1.16 bits per heavy atom. The Morgan fingerprint density at radius 2 is 1.90 bits per heavy atom. The number of ether oxygens (including phenoxy) is 1. The minimum Gasteiger partial charge on any atom is -0.478 e. The second-order valence-corrected chi connectivity index (χ2v) is 8.84. The van der Waals surface area contributed by atoms with Gasteiger partial charge >= 0.3 is 0 Å². The summed E-state index contributed by atoms with van der Waals surface area (Å²) in [5.74, 6) is 1.02. The Hall–Kier alpha value is -3.04. The molecule has 5 nitrogen and oxygen atoms in total. The first-order chi connectivity index (χ1) is 15.2. The van der Waals surface area contributed by atoms with Crippen LogP contribution in [0.3, 0.4) is 0 Å². The molecule has 2 aromatic carbocycles. The van der Waals surface area contributed by atoms with E-state index in [0.717, 1.165) is 35.7 Å². The van der Waals surface area contributed by atoms with Gasteiger partial charge in [-0.15, -0.1) is 0 Å². The Kier molecular flexibility index (Phi) is 6.73. The molecule has 2 aromatic rings. The van der Waals surface area contributed by atoms with E-state index in [1.165, 1.54) is 18.2 Å². The Morgan fingerprint density at radius 3 is 2.68 bits per heavy atom. The van der Waals surface area contributed by atoms with Crippen molar-refractivity contribution in [2.45, 2.75) is 38.6 Å². The number of thioether (sulfide) groups is 1. The van der Waals surface area contributed by atoms with Crippen molar-refractivity contribution in [2.24, 2.45) is 10.9 Å². The van der Waals surface area contributed by atoms with Crippen molar-refractivity contribution in [3.63, 3.8) is 0 Å². The molecule has 2 atom stereocenters. The largest absolute Gasteiger partial charge is 0.478 e. The number of carbonyl (C=O) groups excluding carboxylic acids is 1. The summed E-state index contributed by atoms with van der Waals surface area (Å²) in [6, 6.07) is 19.4. The molecule has 1 saturated carbocycles. The van der Waals surface area contributed by atoms with E-state index in [0.29, 0.717) is 16.6 Å². The van der Waals surface area contributed by atoms with Gasteiger partial charge in [0.05, 0.1) is 10.6 Å². The lowest BCUT2D eigenvalue weighted by molar-refractivity contribution is -0.124. The third-order valence-electron chi connectivity index (χ3n) is 5.71. The number of benzene rings is 2. The molecule has 0 N–H and O–H groups in total. The molecule has 0 spiro atoms. The average Bonchev–Trinajstić information content (AvgIpc) is 3.08. The molecule has 0 bridgehead atoms. The number of rotatable bonds is 5. The van der Waals surface area contributed by atoms with E-state index in [-0.39, 0.29) is 18.6 Å². The molecular formula is C25H25N3O2S. The van der Waals surface area contributed by atoms with Gasteiger partial charge in [0.1, 0.15) is 11.8 Å². The zero-order valence-electron chi connectivity index (χ0n) is 17.5. The van der Waals surface area contributed by atoms with Crippen LogP contribution in [0.2, 0.25) is 0 Å². The summed E-state index contributed by atoms with van der Waals surface area (Å²) >= 11 is 1.41. The van der Waals surface area contributed by atoms with E-state index in [1.54, 1.807) is 0 Å². The molecule has 1 aliphatic carbocycles. The van der Waals surface area contributed by atoms with Crippen molar-refractivity contribution in [1.29, 1.82) is 5.26 Å². The van der Waals surface area contributed by atoms with Crippen LogP contribution in [0.15, 0.2) is 64.5 Å². The van der Waals surface area contributed by atoms with Gasteiger partial charge in [0, 0.05) is 11.6 Å². The van der Waals surface area contributed by atoms with E-state index in [4.69, 9.17) is 15.0 Å². The summed E-state index contributed by atoms with van der Waals surface area (Å²) in [7, 11) is 0. The van der Waals surface area contributed by atoms with Crippen LogP contribution >= 0.6 is 11.8 Å². The monoisotopic (exact) mass is 431 g/mol. The van der Waals surface area contributed by atoms with E-state index < -0.39 is 0 Å². The molecule has 6 heteroatoms. The first kappa shape index (κ1) is 21.2. The van der Waals surface area contributed by atoms with Crippen LogP contribution in [0.1, 0.15) is 38.2 Å². The van der Waals surface area contributed by atoms with Gasteiger partial charge in [-0.1, -0.05) is 56.2 Å². The Bertz CT molecular complexity index is 1040. The first-order valence-corrected chi connectivity index (χ1v) is 11.4. The number of hydrogen-bond acceptors (Lipinski definition) is 5. The van der Waals surface area contributed by atoms with Gasteiger partial charge in [-0.3, -0.25) is 9.69 Å². The van der Waals surface area contributed by atoms with Gasteiger partial charge in [-0.05, 0) is 54.8 Å². The fourth-order valence-corrected chi connectivity index (χ4v) is 5.17. The molecule has 4 rings (SSSR count). The smallest absolute Gasteiger partial charge is 0.267 e. The molecule has 1 heterocycles. The predicted molar refractivity (Wildman–Crippen MR) is 125 cm³/mol. The summed E-state index contributed by atoms with van der Waals surface area (Å²) in [4.78, 5) is 20.9. The Labute approximate surface area is 187 Å². The van der Waals surface area contributed by atoms with Crippen molar-refractivity contribution in [3.05, 3.63) is 65.1 Å². The van der Waals surface area contributed by atoms with Crippen molar-refractivity contribution in [3.8, 4) is 11.8 Å². The van der Waals surface area contributed by atoms with Gasteiger partial charge in [0.2, 0.25) is 0 Å². The van der Waals surface area contributed by atoms with E-state index in [9.17, 15) is 4.79 Å². The maximum Gasteiger partial charge on any atom is 0.267 e. The van der Waals surface area contributed by atoms with Gasteiger partial charge in [-0.25, -0.2) is 4.99 Å². The SMILES string of the molecule is C[C@H]1CCCC[C@@H]1N1C(=O)/C(=C/c2ccccc2OCC#N)SC1=Nc1ccccc1. The molecule has 1 amide bonds. The molecule has 2 fully saturated rings. The van der Waals surface area contributed by atoms with Crippen LogP contribution in [0.4, 0.5) is 5.69 Å². The molecule has 0 unspecified atom stereocenters. The fraction of sp³-hybridized carbons (Fsp3) is 0.320. The van der Waals surface area contributed by atoms with Gasteiger partial charge in [-0.2, -0.15) is 5.26 Å². The van der Waals surface area contributed by atoms with E-state index >= 15 is 0 Å². The highest BCUT2D eigenvalue weighted by atomic mass is 32.2. The number of carbonyl (C=O) groups is 1. The Balaban J connectivity index is 1.71. The summed E-state index contributed by atoms with van der Waals surface area (Å²) in [6.45, 7) is 2.20. The predicted octanol–water partition coefficient (Wildman–Crippen LogP) is 5.77. The van der Waals surface area contributed by atoms with Crippen molar-refractivity contribution in [2.75, 3.05) is 6.61 Å². The fourth-order valence-electron chi connectivity index (χ4n) is 4.13. The standard InChI is InChI=1S/C25H25N3O2S/c1-18-9-5-7-13-21(18)28-24(29)23(31-25(28)27-20-11-3-2-4-12-20)17-19-10-6-8-14-22(19)30-16-15-26/h2-4,6,8,10-12,14,17-18,21H,5,7,9,13,16H2,1H3/b23-17-,27-25?/t18-,21-/m0/s1. The van der Waals surface area contributed by atoms with Crippen LogP contribution in [-0.4, -0.2) is 28.6 Å². The topological polar surface area (TPSA) is 65.7 Å². The number of aliphatic imine (C=N–C) groups is 1. The quantitative estimate of drug-likeness (QED) is 0.564. The molecule has 1 aliphatic heterocycles. The lowest BCUT2D eigenvalue weighted by Crippen LogP contribution is -2.44. The van der Waals surface area contributed by atoms with Gasteiger partial charge in [0.15, 0.2) is 11.8 Å². The van der Waals surface area contributed by atoms with Crippen molar-refractivity contribution >= 4 is 34.6 Å². The molecule has 158 valence electrons. The zero-order chi connectivity index (χ0) is 21.6. The third kappa shape index (κ3) is 4.83. The van der Waals surface area contributed by atoms with Gasteiger partial charge < -0.3 is 4.74 Å². The van der Waals surface area contributed by atoms with E-state index in [2.05, 4.69) is 6.92 Å². The summed E-state index contributed by atoms with van der Waals surface area (Å²) < 4.78 is 5.54. The number of para-hydroxylation sites is 2. The number of nitrogens with zero attached hydrogens (tertiary/aromatic N) is 3. The summed E-state index contributed by atoms with van der Waals surface area (Å²) in [5, 5.41) is 9.59. The third-order valence-corrected chi connectivity index (χ3v) is 6.70. The molecule has 1 saturated heterocycles. The average molecular weight is 432 g/mol. The number of amidine groups is 1. The van der Waals surface area contributed by atoms with Crippen molar-refractivity contribution < 1.29 is 9.53 Å². The van der Waals surface area contributed by atoms with Crippen LogP contribution in [0, 0.1) is 17.2 Å². The van der Waals surface area contributed by atoms with Gasteiger partial charge in [0.25, 0.3) is 5.91 Å². The first-order valence-electron chi connectivity index (χ1n) is 10.6. The van der Waals surface area contributed by atoms with Crippen LogP contribution in [0.25, 0.3) is 6.08 Å². The maximum atomic E-state index is 13.5. The molecule has 0 radical (unpaired) electrons. The highest BCUT2D eigenvalue weighted by Gasteiger charge is 2.41. The number of nitriles is 1. The molecule has 31 heavy (non-hydrogen) atoms. The highest BCUT2D eigenvalue weighted by molar-refractivity contribution is 8.18. The minimum atomic E-state index is -0.0340. The molecular weight excluding hydrogens is 406 g/mol. The minimum absolute atomic E-state index is 0.00600. The maximum absolute atomic E-state index is 13.5. The summed E-state index contributed by atoms with van der Waals surface area (Å²) in [6.07, 6.45) is 6.32. The van der Waals surface area contributed by atoms with Crippen molar-refractivity contribution in [1.82, 2.24) is 4.90 Å². The second kappa shape index (κ2) is 9.84. The lowest BCUT2D eigenvalue weighted by Gasteiger charge is -2.35. The number of hydrogen-bond donors (Lipinski definition) is 0. The molecule has 2 aliphatic rings. The summed E-state index contributed by atoms with van der Waals surface area (Å²) in [5.41, 5.74) is 1.62. The van der Waals surface area contributed by atoms with E-state index in [1.807, 2.05) is 71.6 Å². The van der Waals surface area contributed by atoms with Crippen LogP contribution in [-0.2, 0) is 4.79 Å². The van der Waals surface area contributed by atoms with Crippen LogP contribution < -0.4 is 4.74 Å². The zero-order valence-corrected chi connectivity index (χ0v) is 18.3. The lowest BCUT2D eigenvalue weighted by atomic mass is 9.85. The second-order valence-electron chi connectivity index (χ2n) is 7.83. The number of amides is 1.